The van der Waals surface area contributed by atoms with Gasteiger partial charge in [-0.3, -0.25) is 9.69 Å². The van der Waals surface area contributed by atoms with E-state index in [0.717, 1.165) is 13.1 Å². The minimum Gasteiger partial charge on any atom is -0.459 e. The van der Waals surface area contributed by atoms with E-state index < -0.39 is 0 Å². The first-order valence-electron chi connectivity index (χ1n) is 7.76. The van der Waals surface area contributed by atoms with E-state index in [9.17, 15) is 4.79 Å². The molecule has 9 nitrogen and oxygen atoms in total. The molecule has 1 amide bonds. The normalized spacial score (nSPS) is 15.5. The molecule has 3 rings (SSSR count). The summed E-state index contributed by atoms with van der Waals surface area (Å²) in [5.74, 6) is 1.71. The molecule has 0 aliphatic carbocycles. The third-order valence-electron chi connectivity index (χ3n) is 3.84. The van der Waals surface area contributed by atoms with Gasteiger partial charge in [-0.2, -0.15) is 15.0 Å². The van der Waals surface area contributed by atoms with Crippen molar-refractivity contribution in [3.8, 4) is 0 Å². The summed E-state index contributed by atoms with van der Waals surface area (Å²) in [5.41, 5.74) is 5.75. The standard InChI is InChI=1S/C15H21N7O2/c1-20(2)15-18-12(17-14(16)19-15)10-21-5-7-22(8-6-21)13(23)11-4-3-9-24-11/h3-4,9H,5-8,10H2,1-2H3,(H2,16,17,18,19). The predicted octanol–water partition coefficient (Wildman–Crippen LogP) is 0.0708. The lowest BCUT2D eigenvalue weighted by atomic mass is 10.3. The van der Waals surface area contributed by atoms with Crippen LogP contribution in [0.15, 0.2) is 22.8 Å². The first-order valence-corrected chi connectivity index (χ1v) is 7.76. The number of anilines is 2. The van der Waals surface area contributed by atoms with Crippen LogP contribution in [0.4, 0.5) is 11.9 Å². The van der Waals surface area contributed by atoms with Crippen LogP contribution >= 0.6 is 0 Å². The maximum Gasteiger partial charge on any atom is 0.289 e. The van der Waals surface area contributed by atoms with Crippen LogP contribution in [0.1, 0.15) is 16.4 Å². The first-order chi connectivity index (χ1) is 11.5. The number of amides is 1. The Kier molecular flexibility index (Phi) is 4.61. The Morgan fingerprint density at radius 3 is 2.62 bits per heavy atom. The molecule has 0 aromatic carbocycles. The van der Waals surface area contributed by atoms with Crippen LogP contribution in [0, 0.1) is 0 Å². The van der Waals surface area contributed by atoms with Gasteiger partial charge in [-0.1, -0.05) is 0 Å². The van der Waals surface area contributed by atoms with Crippen molar-refractivity contribution in [2.45, 2.75) is 6.54 Å². The van der Waals surface area contributed by atoms with Crippen molar-refractivity contribution in [2.24, 2.45) is 0 Å². The zero-order valence-electron chi connectivity index (χ0n) is 13.8. The van der Waals surface area contributed by atoms with Gasteiger partial charge in [0.2, 0.25) is 11.9 Å². The highest BCUT2D eigenvalue weighted by molar-refractivity contribution is 5.91. The van der Waals surface area contributed by atoms with Gasteiger partial charge in [-0.15, -0.1) is 0 Å². The number of hydrogen-bond acceptors (Lipinski definition) is 8. The Morgan fingerprint density at radius 1 is 1.25 bits per heavy atom. The largest absolute Gasteiger partial charge is 0.459 e. The predicted molar refractivity (Wildman–Crippen MR) is 88.5 cm³/mol. The lowest BCUT2D eigenvalue weighted by Crippen LogP contribution is -2.48. The van der Waals surface area contributed by atoms with E-state index in [4.69, 9.17) is 10.2 Å². The second-order valence-corrected chi connectivity index (χ2v) is 5.85. The molecule has 2 N–H and O–H groups in total. The SMILES string of the molecule is CN(C)c1nc(N)nc(CN2CCN(C(=O)c3ccco3)CC2)n1. The van der Waals surface area contributed by atoms with Gasteiger partial charge in [0.1, 0.15) is 5.82 Å². The maximum atomic E-state index is 12.2. The summed E-state index contributed by atoms with van der Waals surface area (Å²) >= 11 is 0. The topological polar surface area (TPSA) is 105 Å². The van der Waals surface area contributed by atoms with Gasteiger partial charge in [-0.05, 0) is 12.1 Å². The summed E-state index contributed by atoms with van der Waals surface area (Å²) in [6, 6.07) is 3.40. The molecule has 0 saturated carbocycles. The maximum absolute atomic E-state index is 12.2. The molecule has 128 valence electrons. The van der Waals surface area contributed by atoms with Crippen LogP contribution in [0.25, 0.3) is 0 Å². The zero-order valence-corrected chi connectivity index (χ0v) is 13.8. The summed E-state index contributed by atoms with van der Waals surface area (Å²) in [5, 5.41) is 0. The molecule has 1 aliphatic heterocycles. The lowest BCUT2D eigenvalue weighted by Gasteiger charge is -2.33. The summed E-state index contributed by atoms with van der Waals surface area (Å²) in [4.78, 5) is 30.7. The van der Waals surface area contributed by atoms with E-state index in [-0.39, 0.29) is 11.9 Å². The summed E-state index contributed by atoms with van der Waals surface area (Å²) < 4.78 is 5.17. The molecule has 0 bridgehead atoms. The lowest BCUT2D eigenvalue weighted by molar-refractivity contribution is 0.0595. The molecule has 0 spiro atoms. The number of nitrogen functional groups attached to an aromatic ring is 1. The van der Waals surface area contributed by atoms with Gasteiger partial charge < -0.3 is 20.0 Å². The molecule has 0 atom stereocenters. The average Bonchev–Trinajstić information content (AvgIpc) is 3.09. The fourth-order valence-electron chi connectivity index (χ4n) is 2.56. The van der Waals surface area contributed by atoms with Crippen molar-refractivity contribution in [2.75, 3.05) is 50.9 Å². The highest BCUT2D eigenvalue weighted by atomic mass is 16.3. The van der Waals surface area contributed by atoms with Gasteiger partial charge in [0.05, 0.1) is 12.8 Å². The first kappa shape index (κ1) is 16.2. The molecule has 1 aliphatic rings. The van der Waals surface area contributed by atoms with Crippen LogP contribution in [0.5, 0.6) is 0 Å². The van der Waals surface area contributed by atoms with E-state index in [1.165, 1.54) is 6.26 Å². The third kappa shape index (κ3) is 3.62. The number of nitrogens with two attached hydrogens (primary N) is 1. The van der Waals surface area contributed by atoms with Crippen molar-refractivity contribution < 1.29 is 9.21 Å². The number of nitrogens with zero attached hydrogens (tertiary/aromatic N) is 6. The molecule has 1 fully saturated rings. The van der Waals surface area contributed by atoms with Gasteiger partial charge in [0.15, 0.2) is 5.76 Å². The minimum atomic E-state index is -0.0704. The van der Waals surface area contributed by atoms with E-state index in [1.54, 1.807) is 21.9 Å². The number of carbonyl (C=O) groups excluding carboxylic acids is 1. The van der Waals surface area contributed by atoms with Crippen LogP contribution in [-0.4, -0.2) is 70.9 Å². The Bertz CT molecular complexity index is 694. The molecule has 0 unspecified atom stereocenters. The number of piperazine rings is 1. The van der Waals surface area contributed by atoms with Gasteiger partial charge in [-0.25, -0.2) is 0 Å². The number of furan rings is 1. The second kappa shape index (κ2) is 6.83. The number of aromatic nitrogens is 3. The van der Waals surface area contributed by atoms with E-state index in [1.807, 2.05) is 14.1 Å². The van der Waals surface area contributed by atoms with Gasteiger partial charge in [0, 0.05) is 40.3 Å². The molecule has 24 heavy (non-hydrogen) atoms. The van der Waals surface area contributed by atoms with Crippen molar-refractivity contribution >= 4 is 17.8 Å². The number of hydrogen-bond donors (Lipinski definition) is 1. The van der Waals surface area contributed by atoms with E-state index in [2.05, 4.69) is 19.9 Å². The minimum absolute atomic E-state index is 0.0704. The quantitative estimate of drug-likeness (QED) is 0.839. The average molecular weight is 331 g/mol. The van der Waals surface area contributed by atoms with E-state index in [0.29, 0.717) is 37.2 Å². The van der Waals surface area contributed by atoms with Gasteiger partial charge in [0.25, 0.3) is 5.91 Å². The van der Waals surface area contributed by atoms with Crippen LogP contribution in [-0.2, 0) is 6.54 Å². The van der Waals surface area contributed by atoms with Crippen molar-refractivity contribution in [1.29, 1.82) is 0 Å². The molecule has 3 heterocycles. The third-order valence-corrected chi connectivity index (χ3v) is 3.84. The van der Waals surface area contributed by atoms with Crippen LogP contribution in [0.2, 0.25) is 0 Å². The Hall–Kier alpha value is -2.68. The molecule has 9 heteroatoms. The van der Waals surface area contributed by atoms with Crippen molar-refractivity contribution in [3.05, 3.63) is 30.0 Å². The number of carbonyl (C=O) groups is 1. The monoisotopic (exact) mass is 331 g/mol. The second-order valence-electron chi connectivity index (χ2n) is 5.85. The fraction of sp³-hybridized carbons (Fsp3) is 0.467. The Balaban J connectivity index is 1.59. The molecular formula is C15H21N7O2. The fourth-order valence-corrected chi connectivity index (χ4v) is 2.56. The summed E-state index contributed by atoms with van der Waals surface area (Å²) in [6.45, 7) is 3.35. The van der Waals surface area contributed by atoms with E-state index >= 15 is 0 Å². The van der Waals surface area contributed by atoms with Crippen LogP contribution in [0.3, 0.4) is 0 Å². The highest BCUT2D eigenvalue weighted by Gasteiger charge is 2.24. The summed E-state index contributed by atoms with van der Waals surface area (Å²) in [6.07, 6.45) is 1.51. The Labute approximate surface area is 140 Å². The molecule has 2 aromatic heterocycles. The van der Waals surface area contributed by atoms with Crippen molar-refractivity contribution in [3.63, 3.8) is 0 Å². The van der Waals surface area contributed by atoms with Crippen LogP contribution < -0.4 is 10.6 Å². The molecule has 0 radical (unpaired) electrons. The molecule has 2 aromatic rings. The summed E-state index contributed by atoms with van der Waals surface area (Å²) in [7, 11) is 3.72. The Morgan fingerprint density at radius 2 is 2.00 bits per heavy atom. The molecular weight excluding hydrogens is 310 g/mol. The van der Waals surface area contributed by atoms with Crippen molar-refractivity contribution in [1.82, 2.24) is 24.8 Å². The zero-order chi connectivity index (χ0) is 17.1. The van der Waals surface area contributed by atoms with Gasteiger partial charge >= 0.3 is 0 Å². The molecule has 1 saturated heterocycles. The number of rotatable bonds is 4. The highest BCUT2D eigenvalue weighted by Crippen LogP contribution is 2.12. The smallest absolute Gasteiger partial charge is 0.289 e.